The van der Waals surface area contributed by atoms with E-state index in [2.05, 4.69) is 34.8 Å². The molecule has 1 aromatic rings. The number of nitrogens with zero attached hydrogens (tertiary/aromatic N) is 1. The molecule has 0 aliphatic carbocycles. The Balaban J connectivity index is 2.12. The van der Waals surface area contributed by atoms with Crippen LogP contribution in [0.3, 0.4) is 0 Å². The first-order valence-electron chi connectivity index (χ1n) is 7.57. The number of piperidine rings is 1. The van der Waals surface area contributed by atoms with Crippen LogP contribution in [-0.2, 0) is 0 Å². The lowest BCUT2D eigenvalue weighted by Gasteiger charge is -2.30. The quantitative estimate of drug-likeness (QED) is 0.735. The number of hydrogen-bond donors (Lipinski definition) is 1. The van der Waals surface area contributed by atoms with Crippen molar-refractivity contribution in [2.75, 3.05) is 26.2 Å². The van der Waals surface area contributed by atoms with E-state index in [1.165, 1.54) is 0 Å². The van der Waals surface area contributed by atoms with Gasteiger partial charge in [-0.25, -0.2) is 0 Å². The molecule has 5 heteroatoms. The van der Waals surface area contributed by atoms with E-state index in [9.17, 15) is 4.79 Å². The minimum atomic E-state index is 0.113. The maximum Gasteiger partial charge on any atom is 0.254 e. The van der Waals surface area contributed by atoms with E-state index in [0.29, 0.717) is 10.9 Å². The fourth-order valence-corrected chi connectivity index (χ4v) is 3.49. The fourth-order valence-electron chi connectivity index (χ4n) is 2.75. The van der Waals surface area contributed by atoms with Crippen molar-refractivity contribution in [3.05, 3.63) is 32.4 Å². The van der Waals surface area contributed by atoms with Crippen LogP contribution >= 0.6 is 34.2 Å². The van der Waals surface area contributed by atoms with Crippen molar-refractivity contribution in [1.82, 2.24) is 10.2 Å². The molecule has 1 amide bonds. The predicted octanol–water partition coefficient (Wildman–Crippen LogP) is 3.80. The fraction of sp³-hybridized carbons (Fsp3) is 0.562. The summed E-state index contributed by atoms with van der Waals surface area (Å²) in [5.74, 6) is 0.723. The minimum Gasteiger partial charge on any atom is -0.338 e. The van der Waals surface area contributed by atoms with Crippen molar-refractivity contribution in [1.29, 1.82) is 0 Å². The number of nitrogens with one attached hydrogen (secondary N) is 1. The van der Waals surface area contributed by atoms with E-state index >= 15 is 0 Å². The smallest absolute Gasteiger partial charge is 0.254 e. The van der Waals surface area contributed by atoms with Crippen molar-refractivity contribution in [2.45, 2.75) is 26.2 Å². The molecule has 1 saturated heterocycles. The predicted molar refractivity (Wildman–Crippen MR) is 96.0 cm³/mol. The first-order chi connectivity index (χ1) is 10.1. The average molecular weight is 421 g/mol. The Hall–Kier alpha value is -0.330. The third kappa shape index (κ3) is 4.83. The molecule has 1 aromatic carbocycles. The van der Waals surface area contributed by atoms with Gasteiger partial charge in [-0.2, -0.15) is 0 Å². The van der Waals surface area contributed by atoms with Crippen LogP contribution in [-0.4, -0.2) is 37.0 Å². The molecule has 0 unspecified atom stereocenters. The van der Waals surface area contributed by atoms with Gasteiger partial charge < -0.3 is 10.2 Å². The molecule has 0 bridgehead atoms. The minimum absolute atomic E-state index is 0.113. The third-order valence-electron chi connectivity index (χ3n) is 3.88. The largest absolute Gasteiger partial charge is 0.338 e. The van der Waals surface area contributed by atoms with Gasteiger partial charge in [-0.15, -0.1) is 0 Å². The zero-order chi connectivity index (χ0) is 15.2. The molecule has 0 radical (unpaired) electrons. The molecular weight excluding hydrogens is 399 g/mol. The first kappa shape index (κ1) is 17.0. The van der Waals surface area contributed by atoms with E-state index < -0.39 is 0 Å². The van der Waals surface area contributed by atoms with Crippen molar-refractivity contribution >= 4 is 40.1 Å². The van der Waals surface area contributed by atoms with Crippen molar-refractivity contribution < 1.29 is 4.79 Å². The van der Waals surface area contributed by atoms with E-state index in [1.807, 2.05) is 17.0 Å². The first-order valence-corrected chi connectivity index (χ1v) is 9.02. The van der Waals surface area contributed by atoms with Crippen LogP contribution in [0, 0.1) is 9.49 Å². The Morgan fingerprint density at radius 2 is 2.14 bits per heavy atom. The molecule has 0 spiro atoms. The molecule has 1 N–H and O–H groups in total. The number of carbonyl (C=O) groups is 1. The second-order valence-electron chi connectivity index (χ2n) is 5.57. The van der Waals surface area contributed by atoms with Gasteiger partial charge in [-0.1, -0.05) is 18.5 Å². The van der Waals surface area contributed by atoms with Crippen LogP contribution < -0.4 is 5.32 Å². The lowest BCUT2D eigenvalue weighted by Crippen LogP contribution is -2.40. The van der Waals surface area contributed by atoms with E-state index in [-0.39, 0.29) is 5.91 Å². The van der Waals surface area contributed by atoms with Gasteiger partial charge in [-0.05, 0) is 79.1 Å². The van der Waals surface area contributed by atoms with Gasteiger partial charge in [0.15, 0.2) is 0 Å². The van der Waals surface area contributed by atoms with Crippen molar-refractivity contribution in [3.63, 3.8) is 0 Å². The molecule has 116 valence electrons. The number of halogens is 2. The summed E-state index contributed by atoms with van der Waals surface area (Å²) in [7, 11) is 0. The SMILES string of the molecule is CCCN(CC1CCNCC1)C(=O)c1cc(Cl)ccc1I. The van der Waals surface area contributed by atoms with Crippen molar-refractivity contribution in [2.24, 2.45) is 5.92 Å². The van der Waals surface area contributed by atoms with Crippen LogP contribution in [0.4, 0.5) is 0 Å². The molecular formula is C16H22ClIN2O. The summed E-state index contributed by atoms with van der Waals surface area (Å²) in [5.41, 5.74) is 0.727. The molecule has 1 fully saturated rings. The van der Waals surface area contributed by atoms with E-state index in [0.717, 1.165) is 54.6 Å². The summed E-state index contributed by atoms with van der Waals surface area (Å²) in [5, 5.41) is 4.00. The normalized spacial score (nSPS) is 16.0. The second kappa shape index (κ2) is 8.34. The topological polar surface area (TPSA) is 32.3 Å². The molecule has 0 aromatic heterocycles. The van der Waals surface area contributed by atoms with Gasteiger partial charge in [0.2, 0.25) is 0 Å². The Labute approximate surface area is 145 Å². The number of benzene rings is 1. The molecule has 1 aliphatic rings. The number of rotatable bonds is 5. The standard InChI is InChI=1S/C16H22ClIN2O/c1-2-9-20(11-12-5-7-19-8-6-12)16(21)14-10-13(17)3-4-15(14)18/h3-4,10,12,19H,2,5-9,11H2,1H3. The molecule has 1 aliphatic heterocycles. The molecule has 0 atom stereocenters. The highest BCUT2D eigenvalue weighted by Crippen LogP contribution is 2.21. The average Bonchev–Trinajstić information content (AvgIpc) is 2.49. The monoisotopic (exact) mass is 420 g/mol. The number of amides is 1. The lowest BCUT2D eigenvalue weighted by molar-refractivity contribution is 0.0715. The Morgan fingerprint density at radius 1 is 1.43 bits per heavy atom. The van der Waals surface area contributed by atoms with E-state index in [4.69, 9.17) is 11.6 Å². The highest BCUT2D eigenvalue weighted by molar-refractivity contribution is 14.1. The lowest BCUT2D eigenvalue weighted by atomic mass is 9.97. The summed E-state index contributed by atoms with van der Waals surface area (Å²) in [6.45, 7) is 5.91. The third-order valence-corrected chi connectivity index (χ3v) is 5.05. The summed E-state index contributed by atoms with van der Waals surface area (Å²) >= 11 is 8.26. The van der Waals surface area contributed by atoms with Crippen LogP contribution in [0.2, 0.25) is 5.02 Å². The Morgan fingerprint density at radius 3 is 2.81 bits per heavy atom. The molecule has 0 saturated carbocycles. The van der Waals surface area contributed by atoms with Crippen LogP contribution in [0.1, 0.15) is 36.5 Å². The number of hydrogen-bond acceptors (Lipinski definition) is 2. The number of carbonyl (C=O) groups excluding carboxylic acids is 1. The van der Waals surface area contributed by atoms with Crippen molar-refractivity contribution in [3.8, 4) is 0 Å². The highest BCUT2D eigenvalue weighted by atomic mass is 127. The molecule has 2 rings (SSSR count). The van der Waals surface area contributed by atoms with Gasteiger partial charge in [-0.3, -0.25) is 4.79 Å². The van der Waals surface area contributed by atoms with Crippen LogP contribution in [0.25, 0.3) is 0 Å². The highest BCUT2D eigenvalue weighted by Gasteiger charge is 2.22. The summed E-state index contributed by atoms with van der Waals surface area (Å²) in [6, 6.07) is 5.53. The molecule has 3 nitrogen and oxygen atoms in total. The van der Waals surface area contributed by atoms with Crippen LogP contribution in [0.5, 0.6) is 0 Å². The summed E-state index contributed by atoms with van der Waals surface area (Å²) in [4.78, 5) is 14.8. The Kier molecular flexibility index (Phi) is 6.76. The molecule has 21 heavy (non-hydrogen) atoms. The van der Waals surface area contributed by atoms with Gasteiger partial charge in [0.05, 0.1) is 5.56 Å². The zero-order valence-corrected chi connectivity index (χ0v) is 15.3. The van der Waals surface area contributed by atoms with Gasteiger partial charge >= 0.3 is 0 Å². The molecule has 1 heterocycles. The maximum atomic E-state index is 12.8. The summed E-state index contributed by atoms with van der Waals surface area (Å²) in [6.07, 6.45) is 3.29. The summed E-state index contributed by atoms with van der Waals surface area (Å²) < 4.78 is 0.966. The second-order valence-corrected chi connectivity index (χ2v) is 7.17. The Bertz CT molecular complexity index is 489. The van der Waals surface area contributed by atoms with Gasteiger partial charge in [0, 0.05) is 21.7 Å². The van der Waals surface area contributed by atoms with Gasteiger partial charge in [0.25, 0.3) is 5.91 Å². The van der Waals surface area contributed by atoms with Crippen LogP contribution in [0.15, 0.2) is 18.2 Å². The van der Waals surface area contributed by atoms with Gasteiger partial charge in [0.1, 0.15) is 0 Å². The van der Waals surface area contributed by atoms with E-state index in [1.54, 1.807) is 6.07 Å². The zero-order valence-electron chi connectivity index (χ0n) is 12.4. The maximum absolute atomic E-state index is 12.8.